The Bertz CT molecular complexity index is 246. The van der Waals surface area contributed by atoms with Crippen LogP contribution in [0.4, 0.5) is 0 Å². The molecular formula is C14H28N2O2. The molecule has 0 aliphatic carbocycles. The van der Waals surface area contributed by atoms with Crippen molar-refractivity contribution in [2.45, 2.75) is 64.5 Å². The molecule has 0 saturated carbocycles. The molecule has 1 fully saturated rings. The van der Waals surface area contributed by atoms with Crippen LogP contribution in [0.25, 0.3) is 0 Å². The minimum absolute atomic E-state index is 0.185. The highest BCUT2D eigenvalue weighted by atomic mass is 16.5. The smallest absolute Gasteiger partial charge is 0.220 e. The fraction of sp³-hybridized carbons (Fsp3) is 0.929. The number of nitrogens with two attached hydrogens (primary N) is 1. The SMILES string of the molecule is CCC(CCN)CCC(=O)NC1CCOC(C)C1. The molecule has 0 bridgehead atoms. The molecule has 0 radical (unpaired) electrons. The molecule has 4 nitrogen and oxygen atoms in total. The maximum absolute atomic E-state index is 11.9. The highest BCUT2D eigenvalue weighted by Crippen LogP contribution is 2.16. The Hall–Kier alpha value is -0.610. The van der Waals surface area contributed by atoms with E-state index in [1.165, 1.54) is 0 Å². The molecule has 0 spiro atoms. The summed E-state index contributed by atoms with van der Waals surface area (Å²) in [7, 11) is 0. The molecule has 1 heterocycles. The second kappa shape index (κ2) is 8.48. The first kappa shape index (κ1) is 15.4. The van der Waals surface area contributed by atoms with Crippen LogP contribution >= 0.6 is 0 Å². The van der Waals surface area contributed by atoms with E-state index in [-0.39, 0.29) is 12.0 Å². The predicted molar refractivity (Wildman–Crippen MR) is 73.3 cm³/mol. The summed E-state index contributed by atoms with van der Waals surface area (Å²) in [6.07, 6.45) is 5.87. The van der Waals surface area contributed by atoms with Crippen LogP contribution in [0.2, 0.25) is 0 Å². The van der Waals surface area contributed by atoms with E-state index in [1.807, 2.05) is 0 Å². The number of carbonyl (C=O) groups excluding carboxylic acids is 1. The number of hydrogen-bond acceptors (Lipinski definition) is 3. The van der Waals surface area contributed by atoms with Crippen molar-refractivity contribution in [3.8, 4) is 0 Å². The molecule has 1 amide bonds. The highest BCUT2D eigenvalue weighted by molar-refractivity contribution is 5.76. The molecule has 3 atom stereocenters. The van der Waals surface area contributed by atoms with E-state index in [1.54, 1.807) is 0 Å². The fourth-order valence-electron chi connectivity index (χ4n) is 2.55. The van der Waals surface area contributed by atoms with Gasteiger partial charge in [-0.1, -0.05) is 13.3 Å². The van der Waals surface area contributed by atoms with Gasteiger partial charge in [0.1, 0.15) is 0 Å². The molecule has 1 aliphatic heterocycles. The van der Waals surface area contributed by atoms with Crippen molar-refractivity contribution in [3.05, 3.63) is 0 Å². The zero-order valence-electron chi connectivity index (χ0n) is 11.8. The number of hydrogen-bond donors (Lipinski definition) is 2. The van der Waals surface area contributed by atoms with Crippen LogP contribution in [0.5, 0.6) is 0 Å². The first-order valence-electron chi connectivity index (χ1n) is 7.26. The van der Waals surface area contributed by atoms with Gasteiger partial charge >= 0.3 is 0 Å². The van der Waals surface area contributed by atoms with E-state index < -0.39 is 0 Å². The minimum Gasteiger partial charge on any atom is -0.378 e. The van der Waals surface area contributed by atoms with Crippen LogP contribution in [0.3, 0.4) is 0 Å². The van der Waals surface area contributed by atoms with Gasteiger partial charge in [0.05, 0.1) is 6.10 Å². The standard InChI is InChI=1S/C14H28N2O2/c1-3-12(6-8-15)4-5-14(17)16-13-7-9-18-11(2)10-13/h11-13H,3-10,15H2,1-2H3,(H,16,17). The lowest BCUT2D eigenvalue weighted by Gasteiger charge is -2.28. The Morgan fingerprint density at radius 1 is 1.50 bits per heavy atom. The molecule has 0 aromatic heterocycles. The van der Waals surface area contributed by atoms with E-state index in [0.29, 0.717) is 18.4 Å². The van der Waals surface area contributed by atoms with E-state index >= 15 is 0 Å². The van der Waals surface area contributed by atoms with Gasteiger partial charge in [0.25, 0.3) is 0 Å². The van der Waals surface area contributed by atoms with Gasteiger partial charge in [-0.3, -0.25) is 4.79 Å². The van der Waals surface area contributed by atoms with Crippen molar-refractivity contribution in [1.82, 2.24) is 5.32 Å². The number of ether oxygens (including phenoxy) is 1. The Labute approximate surface area is 111 Å². The van der Waals surface area contributed by atoms with Gasteiger partial charge in [0.15, 0.2) is 0 Å². The number of amides is 1. The summed E-state index contributed by atoms with van der Waals surface area (Å²) in [5.74, 6) is 0.777. The van der Waals surface area contributed by atoms with Crippen molar-refractivity contribution < 1.29 is 9.53 Å². The monoisotopic (exact) mass is 256 g/mol. The molecule has 3 unspecified atom stereocenters. The third-order valence-corrected chi connectivity index (χ3v) is 3.78. The molecule has 0 aromatic rings. The van der Waals surface area contributed by atoms with Crippen molar-refractivity contribution in [3.63, 3.8) is 0 Å². The van der Waals surface area contributed by atoms with Crippen molar-refractivity contribution in [2.24, 2.45) is 11.7 Å². The van der Waals surface area contributed by atoms with Crippen LogP contribution in [0.15, 0.2) is 0 Å². The quantitative estimate of drug-likeness (QED) is 0.730. The second-order valence-corrected chi connectivity index (χ2v) is 5.36. The molecule has 18 heavy (non-hydrogen) atoms. The number of nitrogens with one attached hydrogen (secondary N) is 1. The first-order chi connectivity index (χ1) is 8.65. The van der Waals surface area contributed by atoms with E-state index in [9.17, 15) is 4.79 Å². The van der Waals surface area contributed by atoms with Crippen LogP contribution in [-0.2, 0) is 9.53 Å². The summed E-state index contributed by atoms with van der Waals surface area (Å²) >= 11 is 0. The molecule has 1 rings (SSSR count). The number of rotatable bonds is 7. The zero-order chi connectivity index (χ0) is 13.4. The van der Waals surface area contributed by atoms with Gasteiger partial charge in [0, 0.05) is 19.1 Å². The lowest BCUT2D eigenvalue weighted by molar-refractivity contribution is -0.123. The maximum Gasteiger partial charge on any atom is 0.220 e. The fourth-order valence-corrected chi connectivity index (χ4v) is 2.55. The normalized spacial score (nSPS) is 25.7. The Morgan fingerprint density at radius 3 is 2.89 bits per heavy atom. The zero-order valence-corrected chi connectivity index (χ0v) is 11.8. The first-order valence-corrected chi connectivity index (χ1v) is 7.26. The van der Waals surface area contributed by atoms with Crippen LogP contribution in [0.1, 0.15) is 52.4 Å². The van der Waals surface area contributed by atoms with Gasteiger partial charge in [-0.2, -0.15) is 0 Å². The Balaban J connectivity index is 2.20. The third kappa shape index (κ3) is 5.83. The highest BCUT2D eigenvalue weighted by Gasteiger charge is 2.20. The van der Waals surface area contributed by atoms with E-state index in [2.05, 4.69) is 19.2 Å². The van der Waals surface area contributed by atoms with E-state index in [4.69, 9.17) is 10.5 Å². The van der Waals surface area contributed by atoms with Crippen LogP contribution in [0, 0.1) is 5.92 Å². The summed E-state index contributed by atoms with van der Waals surface area (Å²) in [6, 6.07) is 0.302. The van der Waals surface area contributed by atoms with Gasteiger partial charge < -0.3 is 15.8 Å². The second-order valence-electron chi connectivity index (χ2n) is 5.36. The summed E-state index contributed by atoms with van der Waals surface area (Å²) in [6.45, 7) is 5.71. The van der Waals surface area contributed by atoms with Gasteiger partial charge in [-0.25, -0.2) is 0 Å². The summed E-state index contributed by atoms with van der Waals surface area (Å²) in [5.41, 5.74) is 5.56. The topological polar surface area (TPSA) is 64.4 Å². The molecule has 1 saturated heterocycles. The largest absolute Gasteiger partial charge is 0.378 e. The third-order valence-electron chi connectivity index (χ3n) is 3.78. The minimum atomic E-state index is 0.185. The summed E-state index contributed by atoms with van der Waals surface area (Å²) < 4.78 is 5.47. The predicted octanol–water partition coefficient (Wildman–Crippen LogP) is 1.83. The molecule has 0 aromatic carbocycles. The lowest BCUT2D eigenvalue weighted by atomic mass is 9.96. The van der Waals surface area contributed by atoms with Gasteiger partial charge in [0.2, 0.25) is 5.91 Å². The van der Waals surface area contributed by atoms with Gasteiger partial charge in [-0.05, 0) is 45.1 Å². The Kier molecular flexibility index (Phi) is 7.28. The summed E-state index contributed by atoms with van der Waals surface area (Å²) in [4.78, 5) is 11.9. The van der Waals surface area contributed by atoms with Crippen molar-refractivity contribution in [2.75, 3.05) is 13.2 Å². The molecule has 106 valence electrons. The number of carbonyl (C=O) groups is 1. The average molecular weight is 256 g/mol. The molecule has 4 heteroatoms. The van der Waals surface area contributed by atoms with Crippen LogP contribution < -0.4 is 11.1 Å². The van der Waals surface area contributed by atoms with Gasteiger partial charge in [-0.15, -0.1) is 0 Å². The maximum atomic E-state index is 11.9. The molecule has 1 aliphatic rings. The lowest BCUT2D eigenvalue weighted by Crippen LogP contribution is -2.41. The van der Waals surface area contributed by atoms with Crippen molar-refractivity contribution in [1.29, 1.82) is 0 Å². The van der Waals surface area contributed by atoms with Crippen LogP contribution in [-0.4, -0.2) is 31.2 Å². The average Bonchev–Trinajstić information content (AvgIpc) is 2.34. The Morgan fingerprint density at radius 2 is 2.28 bits per heavy atom. The summed E-state index contributed by atoms with van der Waals surface area (Å²) in [5, 5.41) is 3.12. The van der Waals surface area contributed by atoms with E-state index in [0.717, 1.165) is 45.3 Å². The van der Waals surface area contributed by atoms with Crippen molar-refractivity contribution >= 4 is 5.91 Å². The molecule has 3 N–H and O–H groups in total. The molecular weight excluding hydrogens is 228 g/mol.